The van der Waals surface area contributed by atoms with Gasteiger partial charge in [0.2, 0.25) is 12.2 Å². The number of amides is 1. The first-order chi connectivity index (χ1) is 14.4. The van der Waals surface area contributed by atoms with Gasteiger partial charge in [0.15, 0.2) is 5.82 Å². The molecule has 1 aromatic carbocycles. The van der Waals surface area contributed by atoms with Crippen LogP contribution in [0.15, 0.2) is 48.8 Å². The third-order valence-electron chi connectivity index (χ3n) is 5.06. The fourth-order valence-electron chi connectivity index (χ4n) is 3.48. The third-order valence-corrected chi connectivity index (χ3v) is 5.06. The predicted molar refractivity (Wildman–Crippen MR) is 109 cm³/mol. The zero-order valence-electron chi connectivity index (χ0n) is 17.1. The summed E-state index contributed by atoms with van der Waals surface area (Å²) in [5.41, 5.74) is 2.30. The van der Waals surface area contributed by atoms with Crippen LogP contribution in [0, 0.1) is 11.2 Å². The molecule has 1 fully saturated rings. The maximum Gasteiger partial charge on any atom is 0.232 e. The van der Waals surface area contributed by atoms with Gasteiger partial charge in [0.05, 0.1) is 30.0 Å². The number of imidazole rings is 1. The number of aromatic amines is 1. The molecule has 8 heteroatoms. The molecule has 1 N–H and O–H groups in total. The summed E-state index contributed by atoms with van der Waals surface area (Å²) in [6, 6.07) is 9.86. The molecular weight excluding hydrogens is 387 g/mol. The Morgan fingerprint density at radius 1 is 1.10 bits per heavy atom. The van der Waals surface area contributed by atoms with E-state index >= 15 is 0 Å². The van der Waals surface area contributed by atoms with E-state index in [2.05, 4.69) is 9.97 Å². The van der Waals surface area contributed by atoms with Crippen molar-refractivity contribution in [3.8, 4) is 22.5 Å². The molecule has 4 rings (SSSR count). The lowest BCUT2D eigenvalue weighted by atomic mass is 9.90. The summed E-state index contributed by atoms with van der Waals surface area (Å²) in [4.78, 5) is 26.0. The summed E-state index contributed by atoms with van der Waals surface area (Å²) < 4.78 is 25.2. The van der Waals surface area contributed by atoms with E-state index < -0.39 is 11.7 Å². The number of rotatable bonds is 4. The van der Waals surface area contributed by atoms with Crippen LogP contribution in [0.25, 0.3) is 22.5 Å². The van der Waals surface area contributed by atoms with Crippen LogP contribution in [0.5, 0.6) is 0 Å². The Labute approximate surface area is 173 Å². The van der Waals surface area contributed by atoms with Crippen molar-refractivity contribution >= 4 is 5.91 Å². The highest BCUT2D eigenvalue weighted by atomic mass is 19.1. The summed E-state index contributed by atoms with van der Waals surface area (Å²) in [5, 5.41) is 0. The van der Waals surface area contributed by atoms with Gasteiger partial charge in [-0.25, -0.2) is 9.37 Å². The third kappa shape index (κ3) is 3.83. The van der Waals surface area contributed by atoms with Crippen LogP contribution in [0.3, 0.4) is 0 Å². The van der Waals surface area contributed by atoms with Crippen molar-refractivity contribution in [2.75, 3.05) is 27.3 Å². The van der Waals surface area contributed by atoms with E-state index in [9.17, 15) is 9.18 Å². The van der Waals surface area contributed by atoms with Gasteiger partial charge in [-0.15, -0.1) is 0 Å². The van der Waals surface area contributed by atoms with E-state index in [4.69, 9.17) is 14.5 Å². The van der Waals surface area contributed by atoms with Crippen LogP contribution in [0.4, 0.5) is 4.39 Å². The van der Waals surface area contributed by atoms with Gasteiger partial charge in [-0.1, -0.05) is 0 Å². The van der Waals surface area contributed by atoms with Gasteiger partial charge in [0, 0.05) is 37.6 Å². The smallest absolute Gasteiger partial charge is 0.232 e. The zero-order valence-corrected chi connectivity index (χ0v) is 17.1. The number of benzene rings is 1. The topological polar surface area (TPSA) is 80.3 Å². The van der Waals surface area contributed by atoms with Gasteiger partial charge in [0.25, 0.3) is 0 Å². The van der Waals surface area contributed by atoms with Gasteiger partial charge >= 0.3 is 0 Å². The number of nitrogens with one attached hydrogen (secondary N) is 1. The van der Waals surface area contributed by atoms with E-state index in [1.807, 2.05) is 19.1 Å². The molecule has 156 valence electrons. The molecule has 1 aliphatic heterocycles. The second kappa shape index (κ2) is 7.97. The van der Waals surface area contributed by atoms with Crippen molar-refractivity contribution in [1.29, 1.82) is 0 Å². The molecule has 0 radical (unpaired) electrons. The predicted octanol–water partition coefficient (Wildman–Crippen LogP) is 3.42. The molecule has 0 atom stereocenters. The Kier molecular flexibility index (Phi) is 5.36. The Bertz CT molecular complexity index is 1030. The van der Waals surface area contributed by atoms with E-state index in [1.165, 1.54) is 17.0 Å². The van der Waals surface area contributed by atoms with E-state index in [-0.39, 0.29) is 24.9 Å². The summed E-state index contributed by atoms with van der Waals surface area (Å²) in [7, 11) is 3.42. The number of hydrogen-bond acceptors (Lipinski definition) is 5. The van der Waals surface area contributed by atoms with Crippen molar-refractivity contribution in [2.24, 2.45) is 5.41 Å². The lowest BCUT2D eigenvalue weighted by Gasteiger charge is -2.36. The molecule has 1 amide bonds. The molecule has 0 bridgehead atoms. The molecule has 3 heterocycles. The average molecular weight is 410 g/mol. The highest BCUT2D eigenvalue weighted by Crippen LogP contribution is 2.36. The molecule has 3 aromatic rings. The summed E-state index contributed by atoms with van der Waals surface area (Å²) >= 11 is 0. The molecule has 1 aliphatic rings. The summed E-state index contributed by atoms with van der Waals surface area (Å²) in [5.74, 6) is 0.120. The molecular formula is C22H23FN4O3. The van der Waals surface area contributed by atoms with Gasteiger partial charge in [-0.05, 0) is 43.3 Å². The number of pyridine rings is 1. The second-order valence-corrected chi connectivity index (χ2v) is 7.80. The van der Waals surface area contributed by atoms with Crippen LogP contribution in [-0.2, 0) is 14.3 Å². The number of hydrogen-bond donors (Lipinski definition) is 1. The van der Waals surface area contributed by atoms with Crippen molar-refractivity contribution < 1.29 is 18.7 Å². The van der Waals surface area contributed by atoms with Crippen molar-refractivity contribution in [2.45, 2.75) is 13.2 Å². The average Bonchev–Trinajstić information content (AvgIpc) is 3.20. The number of carbonyl (C=O) groups is 1. The van der Waals surface area contributed by atoms with E-state index in [0.29, 0.717) is 11.5 Å². The van der Waals surface area contributed by atoms with Crippen molar-refractivity contribution in [3.05, 3.63) is 60.4 Å². The van der Waals surface area contributed by atoms with E-state index in [0.717, 1.165) is 16.8 Å². The molecule has 0 aliphatic carbocycles. The molecule has 2 aromatic heterocycles. The minimum atomic E-state index is -0.750. The van der Waals surface area contributed by atoms with Crippen molar-refractivity contribution in [3.63, 3.8) is 0 Å². The lowest BCUT2D eigenvalue weighted by Crippen LogP contribution is -2.48. The minimum Gasteiger partial charge on any atom is -0.348 e. The maximum atomic E-state index is 13.4. The quantitative estimate of drug-likeness (QED) is 0.713. The number of carbonyl (C=O) groups excluding carboxylic acids is 1. The fraction of sp³-hybridized carbons (Fsp3) is 0.318. The number of halogens is 1. The molecule has 0 unspecified atom stereocenters. The summed E-state index contributed by atoms with van der Waals surface area (Å²) in [6.45, 7) is 2.25. The molecule has 0 saturated carbocycles. The Balaban J connectivity index is 1.65. The van der Waals surface area contributed by atoms with E-state index in [1.54, 1.807) is 38.6 Å². The largest absolute Gasteiger partial charge is 0.348 e. The lowest BCUT2D eigenvalue weighted by molar-refractivity contribution is -0.233. The van der Waals surface area contributed by atoms with Crippen LogP contribution in [-0.4, -0.2) is 53.1 Å². The number of aromatic nitrogens is 3. The van der Waals surface area contributed by atoms with Gasteiger partial charge in [0.1, 0.15) is 5.82 Å². The number of ether oxygens (including phenoxy) is 2. The molecule has 1 saturated heterocycles. The monoisotopic (exact) mass is 410 g/mol. The minimum absolute atomic E-state index is 0.0510. The normalized spacial score (nSPS) is 21.4. The molecule has 7 nitrogen and oxygen atoms in total. The summed E-state index contributed by atoms with van der Waals surface area (Å²) in [6.07, 6.45) is 2.65. The van der Waals surface area contributed by atoms with Gasteiger partial charge in [-0.2, -0.15) is 0 Å². The Hall–Kier alpha value is -3.10. The van der Waals surface area contributed by atoms with Crippen LogP contribution < -0.4 is 0 Å². The second-order valence-electron chi connectivity index (χ2n) is 7.80. The SMILES string of the molecule is CN(C)C(=O)C1(C)COC(c2nc(-c3ccc(F)cc3)c(-c3ccncc3)[nH]2)OC1. The van der Waals surface area contributed by atoms with Crippen LogP contribution in [0.1, 0.15) is 19.0 Å². The zero-order chi connectivity index (χ0) is 21.3. The fourth-order valence-corrected chi connectivity index (χ4v) is 3.48. The van der Waals surface area contributed by atoms with Crippen LogP contribution in [0.2, 0.25) is 0 Å². The Morgan fingerprint density at radius 2 is 1.73 bits per heavy atom. The molecule has 0 spiro atoms. The number of nitrogens with zero attached hydrogens (tertiary/aromatic N) is 3. The highest BCUT2D eigenvalue weighted by Gasteiger charge is 2.41. The van der Waals surface area contributed by atoms with Gasteiger partial charge < -0.3 is 19.4 Å². The van der Waals surface area contributed by atoms with Crippen LogP contribution >= 0.6 is 0 Å². The first kappa shape index (κ1) is 20.2. The molecule has 30 heavy (non-hydrogen) atoms. The first-order valence-corrected chi connectivity index (χ1v) is 9.58. The first-order valence-electron chi connectivity index (χ1n) is 9.58. The highest BCUT2D eigenvalue weighted by molar-refractivity contribution is 5.82. The Morgan fingerprint density at radius 3 is 2.33 bits per heavy atom. The standard InChI is InChI=1S/C22H23FN4O3/c1-22(21(28)27(2)3)12-29-20(30-13-22)19-25-17(14-4-6-16(23)7-5-14)18(26-19)15-8-10-24-11-9-15/h4-11,20H,12-13H2,1-3H3,(H,25,26). The number of H-pyrrole nitrogens is 1. The van der Waals surface area contributed by atoms with Crippen molar-refractivity contribution in [1.82, 2.24) is 19.9 Å². The maximum absolute atomic E-state index is 13.4. The van der Waals surface area contributed by atoms with Gasteiger partial charge in [-0.3, -0.25) is 9.78 Å².